The van der Waals surface area contributed by atoms with Crippen LogP contribution < -0.4 is 0 Å². The van der Waals surface area contributed by atoms with E-state index in [0.717, 1.165) is 38.6 Å². The number of fused-ring (bicyclic) bond motifs is 16. The molecule has 0 spiro atoms. The van der Waals surface area contributed by atoms with Gasteiger partial charge in [0, 0.05) is 48.7 Å². The summed E-state index contributed by atoms with van der Waals surface area (Å²) in [6.45, 7) is 0. The van der Waals surface area contributed by atoms with E-state index in [9.17, 15) is 0 Å². The topological polar surface area (TPSA) is 35.1 Å². The Hall–Kier alpha value is -7.30. The molecule has 4 heterocycles. The molecule has 0 bridgehead atoms. The van der Waals surface area contributed by atoms with Crippen molar-refractivity contribution >= 4 is 103 Å². The number of rotatable bonds is 2. The molecule has 0 amide bonds. The smallest absolute Gasteiger partial charge is 0.235 e. The summed E-state index contributed by atoms with van der Waals surface area (Å²) in [4.78, 5) is 11.0. The van der Waals surface area contributed by atoms with Crippen LogP contribution in [-0.2, 0) is 0 Å². The van der Waals surface area contributed by atoms with Gasteiger partial charge in [-0.25, -0.2) is 9.97 Å². The fourth-order valence-corrected chi connectivity index (χ4v) is 9.52. The highest BCUT2D eigenvalue weighted by molar-refractivity contribution is 6.37. The summed E-state index contributed by atoms with van der Waals surface area (Å²) in [5.41, 5.74) is 8.86. The Bertz CT molecular complexity index is 3740. The number of para-hydroxylation sites is 2. The first-order chi connectivity index (χ1) is 26.8. The van der Waals surface area contributed by atoms with Crippen LogP contribution in [0.25, 0.3) is 120 Å². The molecule has 0 saturated heterocycles. The molecule has 54 heavy (non-hydrogen) atoms. The minimum Gasteiger partial charge on any atom is -0.307 e. The molecular weight excluding hydrogens is 657 g/mol. The van der Waals surface area contributed by atoms with Gasteiger partial charge in [-0.2, -0.15) is 0 Å². The molecule has 4 aromatic heterocycles. The predicted molar refractivity (Wildman–Crippen MR) is 226 cm³/mol. The summed E-state index contributed by atoms with van der Waals surface area (Å²) in [6.07, 6.45) is 0. The summed E-state index contributed by atoms with van der Waals surface area (Å²) in [5, 5.41) is 15.7. The lowest BCUT2D eigenvalue weighted by Gasteiger charge is -2.14. The van der Waals surface area contributed by atoms with Gasteiger partial charge in [-0.15, -0.1) is 0 Å². The van der Waals surface area contributed by atoms with Crippen molar-refractivity contribution in [3.05, 3.63) is 170 Å². The zero-order valence-corrected chi connectivity index (χ0v) is 29.0. The highest BCUT2D eigenvalue weighted by atomic mass is 15.2. The molecule has 0 N–H and O–H groups in total. The van der Waals surface area contributed by atoms with Crippen molar-refractivity contribution in [2.24, 2.45) is 0 Å². The van der Waals surface area contributed by atoms with Crippen molar-refractivity contribution < 1.29 is 0 Å². The molecule has 248 valence electrons. The highest BCUT2D eigenvalue weighted by Gasteiger charge is 2.26. The molecular formula is C50H28N4. The number of nitrogens with zero attached hydrogens (tertiary/aromatic N) is 4. The number of benzene rings is 9. The van der Waals surface area contributed by atoms with E-state index in [-0.39, 0.29) is 0 Å². The zero-order chi connectivity index (χ0) is 35.1. The van der Waals surface area contributed by atoms with Gasteiger partial charge < -0.3 is 4.40 Å². The van der Waals surface area contributed by atoms with Crippen LogP contribution in [0.3, 0.4) is 0 Å². The van der Waals surface area contributed by atoms with E-state index >= 15 is 0 Å². The Balaban J connectivity index is 1.23. The van der Waals surface area contributed by atoms with E-state index in [2.05, 4.69) is 179 Å². The molecule has 0 fully saturated rings. The van der Waals surface area contributed by atoms with Crippen LogP contribution in [0.4, 0.5) is 0 Å². The van der Waals surface area contributed by atoms with Crippen LogP contribution in [0.1, 0.15) is 0 Å². The van der Waals surface area contributed by atoms with Gasteiger partial charge in [-0.05, 0) is 57.3 Å². The molecule has 13 rings (SSSR count). The third-order valence-corrected chi connectivity index (χ3v) is 11.8. The molecule has 0 radical (unpaired) electrons. The zero-order valence-electron chi connectivity index (χ0n) is 29.0. The van der Waals surface area contributed by atoms with Crippen molar-refractivity contribution in [3.63, 3.8) is 0 Å². The van der Waals surface area contributed by atoms with Crippen LogP contribution in [0.2, 0.25) is 0 Å². The van der Waals surface area contributed by atoms with E-state index in [0.29, 0.717) is 5.95 Å². The van der Waals surface area contributed by atoms with Gasteiger partial charge in [-0.1, -0.05) is 140 Å². The molecule has 0 aliphatic carbocycles. The van der Waals surface area contributed by atoms with E-state index in [1.165, 1.54) is 75.8 Å². The summed E-state index contributed by atoms with van der Waals surface area (Å²) < 4.78 is 4.82. The Morgan fingerprint density at radius 3 is 1.85 bits per heavy atom. The van der Waals surface area contributed by atoms with Crippen LogP contribution in [0.5, 0.6) is 0 Å². The van der Waals surface area contributed by atoms with E-state index in [1.807, 2.05) is 0 Å². The molecule has 0 unspecified atom stereocenters. The van der Waals surface area contributed by atoms with Crippen LogP contribution >= 0.6 is 0 Å². The van der Waals surface area contributed by atoms with Crippen molar-refractivity contribution in [1.82, 2.24) is 18.9 Å². The quantitative estimate of drug-likeness (QED) is 0.170. The molecule has 0 aliphatic heterocycles. The highest BCUT2D eigenvalue weighted by Crippen LogP contribution is 2.48. The summed E-state index contributed by atoms with van der Waals surface area (Å²) >= 11 is 0. The average Bonchev–Trinajstić information content (AvgIpc) is 3.87. The van der Waals surface area contributed by atoms with E-state index in [1.54, 1.807) is 0 Å². The van der Waals surface area contributed by atoms with E-state index < -0.39 is 0 Å². The second kappa shape index (κ2) is 10.2. The lowest BCUT2D eigenvalue weighted by Crippen LogP contribution is -2.04. The van der Waals surface area contributed by atoms with E-state index in [4.69, 9.17) is 9.97 Å². The van der Waals surface area contributed by atoms with Crippen LogP contribution in [0.15, 0.2) is 170 Å². The maximum absolute atomic E-state index is 5.60. The largest absolute Gasteiger partial charge is 0.307 e. The Kier molecular flexibility index (Phi) is 5.34. The van der Waals surface area contributed by atoms with Gasteiger partial charge in [0.2, 0.25) is 5.95 Å². The third kappa shape index (κ3) is 3.57. The minimum atomic E-state index is 0.666. The van der Waals surface area contributed by atoms with Crippen molar-refractivity contribution in [1.29, 1.82) is 0 Å². The second-order valence-corrected chi connectivity index (χ2v) is 14.5. The van der Waals surface area contributed by atoms with Gasteiger partial charge in [0.1, 0.15) is 0 Å². The first kappa shape index (κ1) is 28.3. The van der Waals surface area contributed by atoms with Gasteiger partial charge in [0.25, 0.3) is 0 Å². The van der Waals surface area contributed by atoms with Crippen molar-refractivity contribution in [2.75, 3.05) is 0 Å². The minimum absolute atomic E-state index is 0.666. The van der Waals surface area contributed by atoms with Crippen LogP contribution in [-0.4, -0.2) is 18.9 Å². The summed E-state index contributed by atoms with van der Waals surface area (Å²) in [7, 11) is 0. The summed E-state index contributed by atoms with van der Waals surface area (Å²) in [6, 6.07) is 61.5. The number of aromatic nitrogens is 4. The molecule has 0 atom stereocenters. The first-order valence-electron chi connectivity index (χ1n) is 18.5. The molecule has 4 heteroatoms. The first-order valence-corrected chi connectivity index (χ1v) is 18.5. The summed E-state index contributed by atoms with van der Waals surface area (Å²) in [5.74, 6) is 0.666. The molecule has 4 nitrogen and oxygen atoms in total. The van der Waals surface area contributed by atoms with Gasteiger partial charge in [0.05, 0.1) is 38.8 Å². The Morgan fingerprint density at radius 1 is 0.352 bits per heavy atom. The fraction of sp³-hybridized carbons (Fsp3) is 0. The van der Waals surface area contributed by atoms with Gasteiger partial charge in [-0.3, -0.25) is 4.57 Å². The number of hydrogen-bond donors (Lipinski definition) is 0. The fourth-order valence-electron chi connectivity index (χ4n) is 9.52. The lowest BCUT2D eigenvalue weighted by molar-refractivity contribution is 1.02. The second-order valence-electron chi connectivity index (χ2n) is 14.5. The maximum Gasteiger partial charge on any atom is 0.235 e. The predicted octanol–water partition coefficient (Wildman–Crippen LogP) is 13.0. The monoisotopic (exact) mass is 684 g/mol. The lowest BCUT2D eigenvalue weighted by atomic mass is 9.98. The average molecular weight is 685 g/mol. The maximum atomic E-state index is 5.60. The van der Waals surface area contributed by atoms with Gasteiger partial charge >= 0.3 is 0 Å². The van der Waals surface area contributed by atoms with Gasteiger partial charge in [0.15, 0.2) is 0 Å². The molecule has 0 saturated carbocycles. The Morgan fingerprint density at radius 2 is 1.00 bits per heavy atom. The van der Waals surface area contributed by atoms with Crippen molar-refractivity contribution in [2.45, 2.75) is 0 Å². The molecule has 13 aromatic rings. The van der Waals surface area contributed by atoms with Crippen LogP contribution in [0, 0.1) is 0 Å². The number of hydrogen-bond acceptors (Lipinski definition) is 2. The normalized spacial score (nSPS) is 12.4. The standard InChI is InChI=1S/C50H28N4/c1-2-14-32-27-33(22-21-29(32)11-1)47-44-34-15-5-3-12-30(34)24-26-40(44)51-50(52-47)53-42-20-10-8-18-37(42)45-43(53)28-39-36-17-7-9-19-41(36)54-48-35-16-6-4-13-31(35)23-25-38(48)46(45)49(39)54/h1-28H. The van der Waals surface area contributed by atoms with Crippen molar-refractivity contribution in [3.8, 4) is 17.2 Å². The molecule has 0 aliphatic rings. The molecule has 9 aromatic carbocycles. The third-order valence-electron chi connectivity index (χ3n) is 11.8. The SMILES string of the molecule is c1ccc2cc(-c3nc(-n4c5ccccc5c5c6c7ccc8ccccc8c7n7c8ccccc8c(cc54)c67)nc4ccc5ccccc5c34)ccc2c1. The Labute approximate surface area is 308 Å².